The summed E-state index contributed by atoms with van der Waals surface area (Å²) in [6.45, 7) is -0.235. The Labute approximate surface area is 88.7 Å². The van der Waals surface area contributed by atoms with E-state index in [1.54, 1.807) is 0 Å². The van der Waals surface area contributed by atoms with Crippen molar-refractivity contribution in [3.63, 3.8) is 0 Å². The number of halogens is 4. The highest BCUT2D eigenvalue weighted by Gasteiger charge is 2.36. The van der Waals surface area contributed by atoms with E-state index in [1.165, 1.54) is 7.05 Å². The Morgan fingerprint density at radius 2 is 2.12 bits per heavy atom. The lowest BCUT2D eigenvalue weighted by molar-refractivity contribution is -0.143. The summed E-state index contributed by atoms with van der Waals surface area (Å²) in [6.07, 6.45) is -3.58. The largest absolute Gasteiger partial charge is 0.436 e. The number of carbonyl (C=O) groups is 1. The van der Waals surface area contributed by atoms with Gasteiger partial charge in [0.2, 0.25) is 6.41 Å². The molecule has 0 bridgehead atoms. The van der Waals surface area contributed by atoms with Crippen LogP contribution in [-0.4, -0.2) is 23.3 Å². The Kier molecular flexibility index (Phi) is 3.46. The van der Waals surface area contributed by atoms with E-state index in [0.29, 0.717) is 6.41 Å². The summed E-state index contributed by atoms with van der Waals surface area (Å²) in [6, 6.07) is 1.10. The SMILES string of the molecule is CN(C=O)Cc1ccnc(C(F)(F)F)c1F. The van der Waals surface area contributed by atoms with Crippen LogP contribution in [0.5, 0.6) is 0 Å². The molecule has 1 rings (SSSR count). The molecule has 0 atom stereocenters. The maximum absolute atomic E-state index is 13.3. The predicted octanol–water partition coefficient (Wildman–Crippen LogP) is 1.83. The fourth-order valence-electron chi connectivity index (χ4n) is 1.11. The molecule has 1 aromatic heterocycles. The molecule has 0 aliphatic rings. The monoisotopic (exact) mass is 236 g/mol. The molecule has 0 unspecified atom stereocenters. The fourth-order valence-corrected chi connectivity index (χ4v) is 1.11. The van der Waals surface area contributed by atoms with Crippen LogP contribution >= 0.6 is 0 Å². The summed E-state index contributed by atoms with van der Waals surface area (Å²) in [5, 5.41) is 0. The summed E-state index contributed by atoms with van der Waals surface area (Å²) < 4.78 is 50.1. The highest BCUT2D eigenvalue weighted by atomic mass is 19.4. The van der Waals surface area contributed by atoms with E-state index in [-0.39, 0.29) is 12.1 Å². The predicted molar refractivity (Wildman–Crippen MR) is 46.7 cm³/mol. The van der Waals surface area contributed by atoms with Crippen LogP contribution in [0.3, 0.4) is 0 Å². The van der Waals surface area contributed by atoms with E-state index >= 15 is 0 Å². The van der Waals surface area contributed by atoms with Crippen molar-refractivity contribution in [1.29, 1.82) is 0 Å². The lowest BCUT2D eigenvalue weighted by Gasteiger charge is -2.13. The van der Waals surface area contributed by atoms with Gasteiger partial charge in [0.1, 0.15) is 0 Å². The minimum Gasteiger partial charge on any atom is -0.344 e. The molecule has 0 aliphatic carbocycles. The number of hydrogen-bond donors (Lipinski definition) is 0. The van der Waals surface area contributed by atoms with Gasteiger partial charge in [0.15, 0.2) is 11.5 Å². The molecule has 3 nitrogen and oxygen atoms in total. The van der Waals surface area contributed by atoms with E-state index in [4.69, 9.17) is 0 Å². The van der Waals surface area contributed by atoms with Gasteiger partial charge < -0.3 is 4.90 Å². The molecule has 7 heteroatoms. The number of aromatic nitrogens is 1. The first-order valence-corrected chi connectivity index (χ1v) is 4.22. The first-order valence-electron chi connectivity index (χ1n) is 4.22. The first kappa shape index (κ1) is 12.4. The van der Waals surface area contributed by atoms with Gasteiger partial charge in [-0.2, -0.15) is 13.2 Å². The zero-order valence-electron chi connectivity index (χ0n) is 8.25. The zero-order chi connectivity index (χ0) is 12.3. The second kappa shape index (κ2) is 4.46. The third-order valence-electron chi connectivity index (χ3n) is 1.84. The smallest absolute Gasteiger partial charge is 0.344 e. The van der Waals surface area contributed by atoms with Gasteiger partial charge in [0.05, 0.1) is 0 Å². The molecule has 0 aromatic carbocycles. The number of nitrogens with zero attached hydrogens (tertiary/aromatic N) is 2. The number of alkyl halides is 3. The second-order valence-corrected chi connectivity index (χ2v) is 3.15. The van der Waals surface area contributed by atoms with E-state index in [1.807, 2.05) is 0 Å². The Bertz CT molecular complexity index is 392. The van der Waals surface area contributed by atoms with Gasteiger partial charge in [-0.3, -0.25) is 4.79 Å². The molecule has 0 N–H and O–H groups in total. The number of rotatable bonds is 3. The quantitative estimate of drug-likeness (QED) is 0.592. The molecule has 1 aromatic rings. The maximum Gasteiger partial charge on any atom is 0.436 e. The third-order valence-corrected chi connectivity index (χ3v) is 1.84. The van der Waals surface area contributed by atoms with E-state index in [0.717, 1.165) is 17.2 Å². The Balaban J connectivity index is 3.09. The number of hydrogen-bond acceptors (Lipinski definition) is 2. The average Bonchev–Trinajstić information content (AvgIpc) is 2.19. The Morgan fingerprint density at radius 3 is 2.62 bits per heavy atom. The van der Waals surface area contributed by atoms with Crippen LogP contribution in [-0.2, 0) is 17.5 Å². The highest BCUT2D eigenvalue weighted by Crippen LogP contribution is 2.30. The molecular weight excluding hydrogens is 228 g/mol. The number of amides is 1. The van der Waals surface area contributed by atoms with Gasteiger partial charge in [0, 0.05) is 25.4 Å². The van der Waals surface area contributed by atoms with Crippen LogP contribution in [0.15, 0.2) is 12.3 Å². The van der Waals surface area contributed by atoms with Crippen molar-refractivity contribution >= 4 is 6.41 Å². The summed E-state index contributed by atoms with van der Waals surface area (Å²) >= 11 is 0. The van der Waals surface area contributed by atoms with Crippen molar-refractivity contribution in [3.05, 3.63) is 29.3 Å². The Hall–Kier alpha value is -1.66. The molecule has 0 saturated carbocycles. The molecule has 1 heterocycles. The van der Waals surface area contributed by atoms with Crippen molar-refractivity contribution < 1.29 is 22.4 Å². The van der Waals surface area contributed by atoms with Crippen LogP contribution < -0.4 is 0 Å². The zero-order valence-corrected chi connectivity index (χ0v) is 8.25. The van der Waals surface area contributed by atoms with Crippen LogP contribution in [0.2, 0.25) is 0 Å². The van der Waals surface area contributed by atoms with E-state index in [9.17, 15) is 22.4 Å². The van der Waals surface area contributed by atoms with E-state index in [2.05, 4.69) is 4.98 Å². The molecule has 1 amide bonds. The summed E-state index contributed by atoms with van der Waals surface area (Å²) in [4.78, 5) is 14.2. The third kappa shape index (κ3) is 2.68. The molecular formula is C9H8F4N2O. The van der Waals surface area contributed by atoms with Gasteiger partial charge >= 0.3 is 6.18 Å². The lowest BCUT2D eigenvalue weighted by atomic mass is 10.2. The topological polar surface area (TPSA) is 33.2 Å². The van der Waals surface area contributed by atoms with Gasteiger partial charge in [-0.15, -0.1) is 0 Å². The van der Waals surface area contributed by atoms with Gasteiger partial charge in [-0.1, -0.05) is 0 Å². The van der Waals surface area contributed by atoms with Crippen molar-refractivity contribution in [3.8, 4) is 0 Å². The molecule has 0 aliphatic heterocycles. The summed E-state index contributed by atoms with van der Waals surface area (Å²) in [5.41, 5.74) is -1.79. The van der Waals surface area contributed by atoms with Gasteiger partial charge in [-0.05, 0) is 6.07 Å². The summed E-state index contributed by atoms with van der Waals surface area (Å²) in [7, 11) is 1.33. The summed E-state index contributed by atoms with van der Waals surface area (Å²) in [5.74, 6) is -1.44. The highest BCUT2D eigenvalue weighted by molar-refractivity contribution is 5.46. The van der Waals surface area contributed by atoms with Crippen molar-refractivity contribution in [2.24, 2.45) is 0 Å². The molecule has 0 saturated heterocycles. The minimum atomic E-state index is -4.83. The lowest BCUT2D eigenvalue weighted by Crippen LogP contribution is -2.19. The van der Waals surface area contributed by atoms with E-state index < -0.39 is 17.7 Å². The molecule has 0 radical (unpaired) electrons. The van der Waals surface area contributed by atoms with Crippen LogP contribution in [0, 0.1) is 5.82 Å². The van der Waals surface area contributed by atoms with Crippen molar-refractivity contribution in [1.82, 2.24) is 9.88 Å². The average molecular weight is 236 g/mol. The molecule has 0 spiro atoms. The van der Waals surface area contributed by atoms with Crippen LogP contribution in [0.25, 0.3) is 0 Å². The molecule has 0 fully saturated rings. The molecule has 16 heavy (non-hydrogen) atoms. The standard InChI is InChI=1S/C9H8F4N2O/c1-15(5-16)4-6-2-3-14-8(7(6)10)9(11,12)13/h2-3,5H,4H2,1H3. The van der Waals surface area contributed by atoms with Gasteiger partial charge in [0.25, 0.3) is 0 Å². The van der Waals surface area contributed by atoms with Crippen LogP contribution in [0.1, 0.15) is 11.3 Å². The van der Waals surface area contributed by atoms with Gasteiger partial charge in [-0.25, -0.2) is 9.37 Å². The normalized spacial score (nSPS) is 11.3. The fraction of sp³-hybridized carbons (Fsp3) is 0.333. The van der Waals surface area contributed by atoms with Crippen molar-refractivity contribution in [2.45, 2.75) is 12.7 Å². The maximum atomic E-state index is 13.3. The molecule has 88 valence electrons. The minimum absolute atomic E-state index is 0.225. The number of carbonyl (C=O) groups excluding carboxylic acids is 1. The number of pyridine rings is 1. The van der Waals surface area contributed by atoms with Crippen molar-refractivity contribution in [2.75, 3.05) is 7.05 Å². The Morgan fingerprint density at radius 1 is 1.50 bits per heavy atom. The second-order valence-electron chi connectivity index (χ2n) is 3.15. The first-order chi connectivity index (χ1) is 7.36. The van der Waals surface area contributed by atoms with Crippen LogP contribution in [0.4, 0.5) is 17.6 Å².